The molecule has 0 aliphatic rings. The lowest BCUT2D eigenvalue weighted by Crippen LogP contribution is -2.30. The summed E-state index contributed by atoms with van der Waals surface area (Å²) in [6, 6.07) is 3.94. The number of rotatable bonds is 7. The molecule has 0 aliphatic heterocycles. The van der Waals surface area contributed by atoms with Crippen LogP contribution in [-0.2, 0) is 0 Å². The summed E-state index contributed by atoms with van der Waals surface area (Å²) in [6.45, 7) is 3.51. The first kappa shape index (κ1) is 15.6. The van der Waals surface area contributed by atoms with Crippen LogP contribution in [0.2, 0.25) is 0 Å². The largest absolute Gasteiger partial charge is 0.493 e. The molecule has 1 atom stereocenters. The minimum absolute atomic E-state index is 0.0831. The minimum Gasteiger partial charge on any atom is -0.493 e. The number of ether oxygens (including phenoxy) is 3. The molecule has 2 N–H and O–H groups in total. The molecule has 0 saturated heterocycles. The third kappa shape index (κ3) is 3.11. The van der Waals surface area contributed by atoms with Crippen molar-refractivity contribution >= 4 is 0 Å². The van der Waals surface area contributed by atoms with Gasteiger partial charge in [-0.25, -0.2) is 0 Å². The van der Waals surface area contributed by atoms with Crippen LogP contribution in [0.4, 0.5) is 0 Å². The molecule has 108 valence electrons. The van der Waals surface area contributed by atoms with Crippen LogP contribution in [0.15, 0.2) is 12.1 Å². The van der Waals surface area contributed by atoms with Crippen LogP contribution < -0.4 is 19.9 Å². The molecule has 1 unspecified atom stereocenters. The number of likely N-dealkylation sites (N-methyl/N-ethyl adjacent to an activating group) is 1. The SMILES string of the molecule is CCN(C)C(CN)c1ccc(OC)c(OC)c1OC. The molecular formula is C14H24N2O3. The fourth-order valence-electron chi connectivity index (χ4n) is 2.15. The lowest BCUT2D eigenvalue weighted by Gasteiger charge is -2.28. The zero-order valence-electron chi connectivity index (χ0n) is 12.4. The van der Waals surface area contributed by atoms with Crippen molar-refractivity contribution in [1.29, 1.82) is 0 Å². The highest BCUT2D eigenvalue weighted by molar-refractivity contribution is 5.56. The number of methoxy groups -OCH3 is 3. The maximum absolute atomic E-state index is 5.90. The zero-order chi connectivity index (χ0) is 14.4. The van der Waals surface area contributed by atoms with E-state index in [1.54, 1.807) is 21.3 Å². The van der Waals surface area contributed by atoms with E-state index in [1.807, 2.05) is 19.2 Å². The second kappa shape index (κ2) is 7.21. The average molecular weight is 268 g/mol. The fraction of sp³-hybridized carbons (Fsp3) is 0.571. The standard InChI is InChI=1S/C14H24N2O3/c1-6-16(2)11(9-15)10-7-8-12(17-3)14(19-5)13(10)18-4/h7-8,11H,6,9,15H2,1-5H3. The Bertz CT molecular complexity index is 410. The average Bonchev–Trinajstić information content (AvgIpc) is 2.46. The van der Waals surface area contributed by atoms with Crippen LogP contribution in [0.25, 0.3) is 0 Å². The number of hydrogen-bond acceptors (Lipinski definition) is 5. The predicted molar refractivity (Wildman–Crippen MR) is 76.2 cm³/mol. The number of nitrogens with two attached hydrogens (primary N) is 1. The summed E-state index contributed by atoms with van der Waals surface area (Å²) in [5, 5.41) is 0. The zero-order valence-corrected chi connectivity index (χ0v) is 12.4. The van der Waals surface area contributed by atoms with Crippen LogP contribution in [0.1, 0.15) is 18.5 Å². The summed E-state index contributed by atoms with van der Waals surface area (Å²) in [6.07, 6.45) is 0. The van der Waals surface area contributed by atoms with Crippen molar-refractivity contribution < 1.29 is 14.2 Å². The van der Waals surface area contributed by atoms with Crippen molar-refractivity contribution in [1.82, 2.24) is 4.90 Å². The molecule has 19 heavy (non-hydrogen) atoms. The Kier molecular flexibility index (Phi) is 5.92. The second-order valence-corrected chi connectivity index (χ2v) is 4.25. The Morgan fingerprint density at radius 2 is 1.74 bits per heavy atom. The van der Waals surface area contributed by atoms with E-state index in [4.69, 9.17) is 19.9 Å². The van der Waals surface area contributed by atoms with Crippen LogP contribution >= 0.6 is 0 Å². The van der Waals surface area contributed by atoms with Crippen LogP contribution in [0.5, 0.6) is 17.2 Å². The molecule has 1 rings (SSSR count). The van der Waals surface area contributed by atoms with Gasteiger partial charge in [0.05, 0.1) is 27.4 Å². The maximum atomic E-state index is 5.90. The first-order chi connectivity index (χ1) is 9.14. The first-order valence-corrected chi connectivity index (χ1v) is 6.33. The number of hydrogen-bond donors (Lipinski definition) is 1. The Morgan fingerprint density at radius 1 is 1.11 bits per heavy atom. The molecule has 0 amide bonds. The van der Waals surface area contributed by atoms with Crippen molar-refractivity contribution in [3.63, 3.8) is 0 Å². The van der Waals surface area contributed by atoms with Crippen molar-refractivity contribution in [3.8, 4) is 17.2 Å². The van der Waals surface area contributed by atoms with E-state index in [2.05, 4.69) is 11.8 Å². The van der Waals surface area contributed by atoms with Crippen molar-refractivity contribution in [2.24, 2.45) is 5.73 Å². The quantitative estimate of drug-likeness (QED) is 0.815. The van der Waals surface area contributed by atoms with E-state index in [0.29, 0.717) is 23.8 Å². The monoisotopic (exact) mass is 268 g/mol. The van der Waals surface area contributed by atoms with Crippen molar-refractivity contribution in [2.45, 2.75) is 13.0 Å². The van der Waals surface area contributed by atoms with Gasteiger partial charge in [0.1, 0.15) is 0 Å². The van der Waals surface area contributed by atoms with E-state index in [9.17, 15) is 0 Å². The number of nitrogens with zero attached hydrogens (tertiary/aromatic N) is 1. The van der Waals surface area contributed by atoms with Crippen molar-refractivity contribution in [2.75, 3.05) is 41.5 Å². The van der Waals surface area contributed by atoms with Crippen LogP contribution in [0, 0.1) is 0 Å². The van der Waals surface area contributed by atoms with E-state index in [0.717, 1.165) is 12.1 Å². The maximum Gasteiger partial charge on any atom is 0.203 e. The summed E-state index contributed by atoms with van der Waals surface area (Å²) in [5.74, 6) is 1.93. The minimum atomic E-state index is 0.0831. The molecule has 5 heteroatoms. The summed E-state index contributed by atoms with van der Waals surface area (Å²) in [5.41, 5.74) is 6.90. The molecule has 0 spiro atoms. The Labute approximate surface area is 115 Å². The fourth-order valence-corrected chi connectivity index (χ4v) is 2.15. The molecule has 0 saturated carbocycles. The van der Waals surface area contributed by atoms with Gasteiger partial charge in [-0.1, -0.05) is 6.92 Å². The molecular weight excluding hydrogens is 244 g/mol. The smallest absolute Gasteiger partial charge is 0.203 e. The third-order valence-electron chi connectivity index (χ3n) is 3.35. The summed E-state index contributed by atoms with van der Waals surface area (Å²) in [4.78, 5) is 2.17. The molecule has 1 aromatic carbocycles. The Balaban J connectivity index is 3.34. The molecule has 0 radical (unpaired) electrons. The van der Waals surface area contributed by atoms with Gasteiger partial charge >= 0.3 is 0 Å². The highest BCUT2D eigenvalue weighted by atomic mass is 16.5. The van der Waals surface area contributed by atoms with E-state index in [1.165, 1.54) is 0 Å². The van der Waals surface area contributed by atoms with Gasteiger partial charge in [0.2, 0.25) is 5.75 Å². The molecule has 0 fully saturated rings. The normalized spacial score (nSPS) is 12.4. The van der Waals surface area contributed by atoms with Gasteiger partial charge in [-0.2, -0.15) is 0 Å². The summed E-state index contributed by atoms with van der Waals surface area (Å²) < 4.78 is 16.2. The topological polar surface area (TPSA) is 57.0 Å². The molecule has 0 aliphatic carbocycles. The van der Waals surface area contributed by atoms with Gasteiger partial charge in [0.15, 0.2) is 11.5 Å². The molecule has 0 heterocycles. The molecule has 0 bridgehead atoms. The highest BCUT2D eigenvalue weighted by Gasteiger charge is 2.23. The Hall–Kier alpha value is -1.46. The lowest BCUT2D eigenvalue weighted by molar-refractivity contribution is 0.252. The van der Waals surface area contributed by atoms with E-state index in [-0.39, 0.29) is 6.04 Å². The van der Waals surface area contributed by atoms with Gasteiger partial charge < -0.3 is 19.9 Å². The van der Waals surface area contributed by atoms with Gasteiger partial charge in [-0.15, -0.1) is 0 Å². The first-order valence-electron chi connectivity index (χ1n) is 6.33. The second-order valence-electron chi connectivity index (χ2n) is 4.25. The summed E-state index contributed by atoms with van der Waals surface area (Å²) >= 11 is 0. The van der Waals surface area contributed by atoms with Crippen LogP contribution in [-0.4, -0.2) is 46.4 Å². The molecule has 1 aromatic rings. The third-order valence-corrected chi connectivity index (χ3v) is 3.35. The van der Waals surface area contributed by atoms with Crippen molar-refractivity contribution in [3.05, 3.63) is 17.7 Å². The predicted octanol–water partition coefficient (Wildman–Crippen LogP) is 1.66. The van der Waals surface area contributed by atoms with Gasteiger partial charge in [0.25, 0.3) is 0 Å². The van der Waals surface area contributed by atoms with Gasteiger partial charge in [-0.3, -0.25) is 4.90 Å². The summed E-state index contributed by atoms with van der Waals surface area (Å²) in [7, 11) is 6.87. The van der Waals surface area contributed by atoms with E-state index >= 15 is 0 Å². The molecule has 5 nitrogen and oxygen atoms in total. The Morgan fingerprint density at radius 3 is 2.16 bits per heavy atom. The number of benzene rings is 1. The van der Waals surface area contributed by atoms with Gasteiger partial charge in [-0.05, 0) is 25.7 Å². The van der Waals surface area contributed by atoms with Crippen LogP contribution in [0.3, 0.4) is 0 Å². The van der Waals surface area contributed by atoms with E-state index < -0.39 is 0 Å². The highest BCUT2D eigenvalue weighted by Crippen LogP contribution is 2.42. The molecule has 0 aromatic heterocycles. The lowest BCUT2D eigenvalue weighted by atomic mass is 10.0. The van der Waals surface area contributed by atoms with Gasteiger partial charge in [0, 0.05) is 12.1 Å².